The molecule has 0 fully saturated rings. The molecule has 5 nitrogen and oxygen atoms in total. The lowest BCUT2D eigenvalue weighted by Gasteiger charge is -2.14. The predicted molar refractivity (Wildman–Crippen MR) is 107 cm³/mol. The normalized spacial score (nSPS) is 11.5. The zero-order valence-electron chi connectivity index (χ0n) is 15.2. The summed E-state index contributed by atoms with van der Waals surface area (Å²) in [4.78, 5) is 12.2. The zero-order chi connectivity index (χ0) is 21.0. The highest BCUT2D eigenvalue weighted by molar-refractivity contribution is 7.99. The van der Waals surface area contributed by atoms with E-state index in [0.29, 0.717) is 17.5 Å². The van der Waals surface area contributed by atoms with E-state index in [1.165, 1.54) is 6.07 Å². The van der Waals surface area contributed by atoms with Crippen molar-refractivity contribution in [3.63, 3.8) is 0 Å². The number of nitrogens with zero attached hydrogens (tertiary/aromatic N) is 3. The maximum Gasteiger partial charge on any atom is 0.418 e. The van der Waals surface area contributed by atoms with Crippen LogP contribution in [0.4, 0.5) is 18.9 Å². The largest absolute Gasteiger partial charge is 0.418 e. The van der Waals surface area contributed by atoms with Crippen molar-refractivity contribution in [2.45, 2.75) is 24.8 Å². The monoisotopic (exact) mass is 440 g/mol. The van der Waals surface area contributed by atoms with Crippen molar-refractivity contribution in [3.8, 4) is 11.4 Å². The van der Waals surface area contributed by atoms with Crippen LogP contribution in [-0.2, 0) is 17.5 Å². The molecule has 2 aromatic carbocycles. The van der Waals surface area contributed by atoms with Crippen molar-refractivity contribution >= 4 is 35.0 Å². The summed E-state index contributed by atoms with van der Waals surface area (Å²) in [6.07, 6.45) is -4.63. The minimum Gasteiger partial charge on any atom is -0.325 e. The Morgan fingerprint density at radius 2 is 1.90 bits per heavy atom. The number of benzene rings is 2. The third-order valence-electron chi connectivity index (χ3n) is 3.96. The molecule has 1 N–H and O–H groups in total. The summed E-state index contributed by atoms with van der Waals surface area (Å²) >= 11 is 6.75. The van der Waals surface area contributed by atoms with Crippen LogP contribution in [0, 0.1) is 0 Å². The molecule has 0 bridgehead atoms. The Labute approximate surface area is 174 Å². The van der Waals surface area contributed by atoms with E-state index in [4.69, 9.17) is 11.6 Å². The highest BCUT2D eigenvalue weighted by atomic mass is 35.5. The Morgan fingerprint density at radius 3 is 2.55 bits per heavy atom. The Balaban J connectivity index is 1.72. The molecule has 0 atom stereocenters. The van der Waals surface area contributed by atoms with Gasteiger partial charge in [0.15, 0.2) is 11.0 Å². The van der Waals surface area contributed by atoms with Gasteiger partial charge in [0.05, 0.1) is 17.0 Å². The van der Waals surface area contributed by atoms with Crippen molar-refractivity contribution in [1.82, 2.24) is 14.8 Å². The molecule has 152 valence electrons. The molecule has 0 aliphatic heterocycles. The molecule has 0 saturated heterocycles. The van der Waals surface area contributed by atoms with Gasteiger partial charge in [0.1, 0.15) is 0 Å². The van der Waals surface area contributed by atoms with E-state index in [1.54, 1.807) is 0 Å². The van der Waals surface area contributed by atoms with E-state index in [9.17, 15) is 18.0 Å². The molecule has 1 aromatic heterocycles. The Kier molecular flexibility index (Phi) is 6.49. The van der Waals surface area contributed by atoms with Crippen molar-refractivity contribution in [2.75, 3.05) is 11.1 Å². The highest BCUT2D eigenvalue weighted by Gasteiger charge is 2.34. The molecule has 0 radical (unpaired) electrons. The smallest absolute Gasteiger partial charge is 0.325 e. The first-order valence-corrected chi connectivity index (χ1v) is 9.94. The molecular formula is C19H16ClF3N4OS. The number of anilines is 1. The fourth-order valence-electron chi connectivity index (χ4n) is 2.66. The average molecular weight is 441 g/mol. The van der Waals surface area contributed by atoms with Gasteiger partial charge in [0.2, 0.25) is 5.91 Å². The number of carbonyl (C=O) groups is 1. The first-order valence-electron chi connectivity index (χ1n) is 8.57. The van der Waals surface area contributed by atoms with Gasteiger partial charge in [-0.1, -0.05) is 53.7 Å². The number of halogens is 4. The molecule has 3 rings (SSSR count). The molecule has 0 unspecified atom stereocenters. The minimum absolute atomic E-state index is 0.0609. The van der Waals surface area contributed by atoms with Crippen LogP contribution in [-0.4, -0.2) is 26.4 Å². The van der Waals surface area contributed by atoms with Gasteiger partial charge in [0.25, 0.3) is 0 Å². The van der Waals surface area contributed by atoms with Crippen molar-refractivity contribution < 1.29 is 18.0 Å². The van der Waals surface area contributed by atoms with E-state index in [1.807, 2.05) is 41.8 Å². The van der Waals surface area contributed by atoms with E-state index in [0.717, 1.165) is 29.5 Å². The van der Waals surface area contributed by atoms with Crippen molar-refractivity contribution in [3.05, 3.63) is 59.1 Å². The standard InChI is InChI=1S/C19H16ClF3N4OS/c1-2-27-17(12-6-4-3-5-7-12)25-26-18(27)29-11-16(28)24-15-9-8-13(20)10-14(15)19(21,22)23/h3-10H,2,11H2,1H3,(H,24,28). The first kappa shape index (κ1) is 21.2. The van der Waals surface area contributed by atoms with Crippen molar-refractivity contribution in [2.24, 2.45) is 0 Å². The second kappa shape index (κ2) is 8.87. The lowest BCUT2D eigenvalue weighted by atomic mass is 10.1. The second-order valence-corrected chi connectivity index (χ2v) is 7.32. The molecule has 0 spiro atoms. The number of aromatic nitrogens is 3. The van der Waals surface area contributed by atoms with E-state index in [2.05, 4.69) is 15.5 Å². The van der Waals surface area contributed by atoms with Crippen LogP contribution in [0.5, 0.6) is 0 Å². The number of carbonyl (C=O) groups excluding carboxylic acids is 1. The number of hydrogen-bond donors (Lipinski definition) is 1. The van der Waals surface area contributed by atoms with Gasteiger partial charge in [-0.25, -0.2) is 0 Å². The Hall–Kier alpha value is -2.52. The van der Waals surface area contributed by atoms with Gasteiger partial charge < -0.3 is 9.88 Å². The summed E-state index contributed by atoms with van der Waals surface area (Å²) < 4.78 is 41.3. The lowest BCUT2D eigenvalue weighted by Crippen LogP contribution is -2.18. The number of hydrogen-bond acceptors (Lipinski definition) is 4. The molecule has 10 heteroatoms. The van der Waals surface area contributed by atoms with E-state index in [-0.39, 0.29) is 16.5 Å². The summed E-state index contributed by atoms with van der Waals surface area (Å²) in [6, 6.07) is 12.7. The van der Waals surface area contributed by atoms with Crippen LogP contribution in [0.15, 0.2) is 53.7 Å². The summed E-state index contributed by atoms with van der Waals surface area (Å²) in [5.41, 5.74) is -0.449. The molecule has 3 aromatic rings. The average Bonchev–Trinajstić information content (AvgIpc) is 3.10. The zero-order valence-corrected chi connectivity index (χ0v) is 16.8. The van der Waals surface area contributed by atoms with Crippen LogP contribution in [0.2, 0.25) is 5.02 Å². The molecule has 1 amide bonds. The van der Waals surface area contributed by atoms with Gasteiger partial charge in [0, 0.05) is 17.1 Å². The number of nitrogens with one attached hydrogen (secondary N) is 1. The SMILES string of the molecule is CCn1c(SCC(=O)Nc2ccc(Cl)cc2C(F)(F)F)nnc1-c1ccccc1. The maximum atomic E-state index is 13.2. The summed E-state index contributed by atoms with van der Waals surface area (Å²) in [7, 11) is 0. The fraction of sp³-hybridized carbons (Fsp3) is 0.211. The lowest BCUT2D eigenvalue weighted by molar-refractivity contribution is -0.137. The topological polar surface area (TPSA) is 59.8 Å². The highest BCUT2D eigenvalue weighted by Crippen LogP contribution is 2.36. The summed E-state index contributed by atoms with van der Waals surface area (Å²) in [6.45, 7) is 2.50. The molecule has 0 aliphatic carbocycles. The van der Waals surface area contributed by atoms with Crippen LogP contribution in [0.25, 0.3) is 11.4 Å². The van der Waals surface area contributed by atoms with Gasteiger partial charge in [-0.3, -0.25) is 4.79 Å². The Morgan fingerprint density at radius 1 is 1.17 bits per heavy atom. The van der Waals surface area contributed by atoms with E-state index >= 15 is 0 Å². The minimum atomic E-state index is -4.63. The third-order valence-corrected chi connectivity index (χ3v) is 5.16. The number of thioether (sulfide) groups is 1. The maximum absolute atomic E-state index is 13.2. The Bertz CT molecular complexity index is 1010. The summed E-state index contributed by atoms with van der Waals surface area (Å²) in [5.74, 6) is -0.0462. The number of rotatable bonds is 6. The van der Waals surface area contributed by atoms with E-state index < -0.39 is 17.6 Å². The van der Waals surface area contributed by atoms with Gasteiger partial charge >= 0.3 is 6.18 Å². The molecule has 29 heavy (non-hydrogen) atoms. The third kappa shape index (κ3) is 5.10. The van der Waals surface area contributed by atoms with Crippen LogP contribution < -0.4 is 5.32 Å². The predicted octanol–water partition coefficient (Wildman–Crippen LogP) is 5.37. The fourth-order valence-corrected chi connectivity index (χ4v) is 3.63. The number of alkyl halides is 3. The van der Waals surface area contributed by atoms with Crippen molar-refractivity contribution in [1.29, 1.82) is 0 Å². The van der Waals surface area contributed by atoms with Crippen LogP contribution in [0.1, 0.15) is 12.5 Å². The summed E-state index contributed by atoms with van der Waals surface area (Å²) in [5, 5.41) is 11.0. The molecular weight excluding hydrogens is 425 g/mol. The number of amides is 1. The van der Waals surface area contributed by atoms with Crippen LogP contribution in [0.3, 0.4) is 0 Å². The second-order valence-electron chi connectivity index (χ2n) is 5.94. The molecule has 1 heterocycles. The van der Waals surface area contributed by atoms with Gasteiger partial charge in [-0.2, -0.15) is 13.2 Å². The van der Waals surface area contributed by atoms with Gasteiger partial charge in [-0.05, 0) is 25.1 Å². The molecule has 0 aliphatic rings. The first-order chi connectivity index (χ1) is 13.8. The van der Waals surface area contributed by atoms with Crippen LogP contribution >= 0.6 is 23.4 Å². The molecule has 0 saturated carbocycles. The quantitative estimate of drug-likeness (QED) is 0.523. The van der Waals surface area contributed by atoms with Gasteiger partial charge in [-0.15, -0.1) is 10.2 Å².